The maximum atomic E-state index is 5.47. The van der Waals surface area contributed by atoms with Gasteiger partial charge in [-0.25, -0.2) is 4.98 Å². The van der Waals surface area contributed by atoms with E-state index in [0.717, 1.165) is 35.0 Å². The van der Waals surface area contributed by atoms with Crippen molar-refractivity contribution in [1.29, 1.82) is 0 Å². The molecule has 0 radical (unpaired) electrons. The molecule has 0 saturated heterocycles. The molecular weight excluding hydrogens is 340 g/mol. The third-order valence-electron chi connectivity index (χ3n) is 2.74. The molecule has 0 aliphatic rings. The van der Waals surface area contributed by atoms with Crippen LogP contribution in [0.25, 0.3) is 5.65 Å². The zero-order valence-electron chi connectivity index (χ0n) is 12.0. The minimum Gasteiger partial charge on any atom is -0.380 e. The third kappa shape index (κ3) is 3.93. The highest BCUT2D eigenvalue weighted by Gasteiger charge is 2.21. The Kier molecular flexibility index (Phi) is 5.40. The van der Waals surface area contributed by atoms with Crippen LogP contribution >= 0.6 is 27.7 Å². The molecule has 0 saturated carbocycles. The zero-order chi connectivity index (χ0) is 14.6. The first-order valence-corrected chi connectivity index (χ1v) is 8.61. The van der Waals surface area contributed by atoms with Crippen molar-refractivity contribution in [2.45, 2.75) is 31.2 Å². The fourth-order valence-electron chi connectivity index (χ4n) is 1.75. The lowest BCUT2D eigenvalue weighted by Gasteiger charge is -2.21. The molecule has 0 aliphatic heterocycles. The van der Waals surface area contributed by atoms with Gasteiger partial charge in [-0.2, -0.15) is 0 Å². The van der Waals surface area contributed by atoms with Crippen LogP contribution in [0.15, 0.2) is 17.4 Å². The maximum Gasteiger partial charge on any atom is 0.176 e. The van der Waals surface area contributed by atoms with Crippen molar-refractivity contribution in [3.8, 4) is 0 Å². The van der Waals surface area contributed by atoms with E-state index in [1.165, 1.54) is 11.9 Å². The van der Waals surface area contributed by atoms with E-state index >= 15 is 0 Å². The number of rotatable bonds is 6. The zero-order valence-corrected chi connectivity index (χ0v) is 14.4. The molecule has 5 nitrogen and oxygen atoms in total. The van der Waals surface area contributed by atoms with Crippen LogP contribution in [-0.4, -0.2) is 44.1 Å². The molecule has 110 valence electrons. The van der Waals surface area contributed by atoms with E-state index < -0.39 is 0 Å². The number of aromatic nitrogens is 4. The number of nitrogens with zero attached hydrogens (tertiary/aromatic N) is 4. The minimum absolute atomic E-state index is 0.0275. The quantitative estimate of drug-likeness (QED) is 0.451. The van der Waals surface area contributed by atoms with Gasteiger partial charge < -0.3 is 4.74 Å². The van der Waals surface area contributed by atoms with E-state index in [4.69, 9.17) is 4.74 Å². The Morgan fingerprint density at radius 3 is 2.85 bits per heavy atom. The van der Waals surface area contributed by atoms with Crippen LogP contribution < -0.4 is 0 Å². The summed E-state index contributed by atoms with van der Waals surface area (Å²) < 4.78 is 7.05. The van der Waals surface area contributed by atoms with Crippen molar-refractivity contribution in [2.24, 2.45) is 0 Å². The van der Waals surface area contributed by atoms with Crippen LogP contribution in [0, 0.1) is 0 Å². The van der Waals surface area contributed by atoms with Crippen LogP contribution in [0.5, 0.6) is 0 Å². The predicted octanol–water partition coefficient (Wildman–Crippen LogP) is 2.93. The molecule has 2 rings (SSSR count). The second kappa shape index (κ2) is 6.87. The summed E-state index contributed by atoms with van der Waals surface area (Å²) >= 11 is 5.05. The smallest absolute Gasteiger partial charge is 0.176 e. The Labute approximate surface area is 131 Å². The Bertz CT molecular complexity index is 567. The summed E-state index contributed by atoms with van der Waals surface area (Å²) in [6.07, 6.45) is 1.53. The van der Waals surface area contributed by atoms with Gasteiger partial charge in [-0.15, -0.1) is 26.6 Å². The van der Waals surface area contributed by atoms with Crippen LogP contribution in [-0.2, 0) is 10.2 Å². The summed E-state index contributed by atoms with van der Waals surface area (Å²) in [7, 11) is 0. The molecule has 0 spiro atoms. The monoisotopic (exact) mass is 358 g/mol. The third-order valence-corrected chi connectivity index (χ3v) is 4.01. The highest BCUT2D eigenvalue weighted by atomic mass is 79.9. The van der Waals surface area contributed by atoms with Gasteiger partial charge in [0.1, 0.15) is 11.4 Å². The van der Waals surface area contributed by atoms with E-state index in [1.807, 2.05) is 0 Å². The molecule has 20 heavy (non-hydrogen) atoms. The van der Waals surface area contributed by atoms with Crippen LogP contribution in [0.1, 0.15) is 26.3 Å². The van der Waals surface area contributed by atoms with E-state index in [-0.39, 0.29) is 5.41 Å². The number of ether oxygens (including phenoxy) is 1. The summed E-state index contributed by atoms with van der Waals surface area (Å²) in [6.45, 7) is 8.01. The molecule has 2 aromatic heterocycles. The number of halogens is 1. The van der Waals surface area contributed by atoms with Gasteiger partial charge in [0, 0.05) is 11.1 Å². The Hall–Kier alpha value is -0.660. The predicted molar refractivity (Wildman–Crippen MR) is 84.8 cm³/mol. The highest BCUT2D eigenvalue weighted by molar-refractivity contribution is 9.09. The van der Waals surface area contributed by atoms with Gasteiger partial charge in [0.15, 0.2) is 5.65 Å². The molecule has 0 fully saturated rings. The molecule has 0 unspecified atom stereocenters. The number of alkyl halides is 1. The summed E-state index contributed by atoms with van der Waals surface area (Å²) in [5.74, 6) is 0.878. The first-order chi connectivity index (χ1) is 9.52. The van der Waals surface area contributed by atoms with Crippen molar-refractivity contribution in [1.82, 2.24) is 19.8 Å². The van der Waals surface area contributed by atoms with Crippen molar-refractivity contribution >= 4 is 33.3 Å². The molecule has 0 N–H and O–H groups in total. The largest absolute Gasteiger partial charge is 0.380 e. The van der Waals surface area contributed by atoms with E-state index in [9.17, 15) is 0 Å². The minimum atomic E-state index is 0.0275. The molecule has 2 aromatic rings. The van der Waals surface area contributed by atoms with Gasteiger partial charge in [-0.3, -0.25) is 0 Å². The van der Waals surface area contributed by atoms with Gasteiger partial charge in [0.2, 0.25) is 0 Å². The van der Waals surface area contributed by atoms with E-state index in [2.05, 4.69) is 57.9 Å². The topological polar surface area (TPSA) is 52.3 Å². The fourth-order valence-corrected chi connectivity index (χ4v) is 3.02. The second-order valence-electron chi connectivity index (χ2n) is 5.37. The average Bonchev–Trinajstić information content (AvgIpc) is 2.83. The Balaban J connectivity index is 2.16. The highest BCUT2D eigenvalue weighted by Crippen LogP contribution is 2.31. The van der Waals surface area contributed by atoms with Gasteiger partial charge >= 0.3 is 0 Å². The Morgan fingerprint density at radius 2 is 2.15 bits per heavy atom. The molecule has 0 bridgehead atoms. The van der Waals surface area contributed by atoms with Crippen molar-refractivity contribution < 1.29 is 4.74 Å². The molecule has 7 heteroatoms. The van der Waals surface area contributed by atoms with Gasteiger partial charge in [-0.1, -0.05) is 36.7 Å². The van der Waals surface area contributed by atoms with Gasteiger partial charge in [-0.05, 0) is 17.0 Å². The number of hydrogen-bond acceptors (Lipinski definition) is 5. The van der Waals surface area contributed by atoms with Crippen LogP contribution in [0.2, 0.25) is 0 Å². The second-order valence-corrected chi connectivity index (χ2v) is 7.25. The molecular formula is C13H19BrN4OS. The summed E-state index contributed by atoms with van der Waals surface area (Å²) in [5, 5.41) is 10.5. The summed E-state index contributed by atoms with van der Waals surface area (Å²) in [6, 6.07) is 2.07. The van der Waals surface area contributed by atoms with E-state index in [1.54, 1.807) is 16.4 Å². The summed E-state index contributed by atoms with van der Waals surface area (Å²) in [4.78, 5) is 4.20. The van der Waals surface area contributed by atoms with Crippen molar-refractivity contribution in [3.63, 3.8) is 0 Å². The number of hydrogen-bond donors (Lipinski definition) is 0. The molecule has 0 atom stereocenters. The molecule has 0 aromatic carbocycles. The standard InChI is InChI=1S/C13H19BrN4OS/c1-13(2,3)10-8-11-15-9-16-18(11)17-12(10)20-7-6-19-5-4-14/h8-9H,4-7H2,1-3H3. The fraction of sp³-hybridized carbons (Fsp3) is 0.615. The van der Waals surface area contributed by atoms with E-state index in [0.29, 0.717) is 0 Å². The van der Waals surface area contributed by atoms with Gasteiger partial charge in [0.25, 0.3) is 0 Å². The number of thioether (sulfide) groups is 1. The first kappa shape index (κ1) is 15.7. The lowest BCUT2D eigenvalue weighted by atomic mass is 9.88. The Morgan fingerprint density at radius 1 is 1.35 bits per heavy atom. The normalized spacial score (nSPS) is 12.2. The molecule has 0 aliphatic carbocycles. The lowest BCUT2D eigenvalue weighted by molar-refractivity contribution is 0.168. The summed E-state index contributed by atoms with van der Waals surface area (Å²) in [5.41, 5.74) is 2.01. The molecule has 0 amide bonds. The van der Waals surface area contributed by atoms with Gasteiger partial charge in [0.05, 0.1) is 13.2 Å². The number of fused-ring (bicyclic) bond motifs is 1. The van der Waals surface area contributed by atoms with Crippen molar-refractivity contribution in [2.75, 3.05) is 24.3 Å². The maximum absolute atomic E-state index is 5.47. The average molecular weight is 359 g/mol. The first-order valence-electron chi connectivity index (χ1n) is 6.50. The van der Waals surface area contributed by atoms with Crippen molar-refractivity contribution in [3.05, 3.63) is 18.0 Å². The molecule has 2 heterocycles. The lowest BCUT2D eigenvalue weighted by Crippen LogP contribution is -2.15. The van der Waals surface area contributed by atoms with Crippen LogP contribution in [0.3, 0.4) is 0 Å². The SMILES string of the molecule is CC(C)(C)c1cc2ncnn2nc1SCCOCCBr. The van der Waals surface area contributed by atoms with Crippen LogP contribution in [0.4, 0.5) is 0 Å².